The summed E-state index contributed by atoms with van der Waals surface area (Å²) < 4.78 is 66.6. The molecule has 34 heteroatoms. The van der Waals surface area contributed by atoms with Crippen LogP contribution in [0.2, 0.25) is 20.1 Å². The van der Waals surface area contributed by atoms with Crippen LogP contribution in [0.4, 0.5) is 53.3 Å². The number of ether oxygens (including phenoxy) is 12. The Morgan fingerprint density at radius 2 is 0.636 bits per heavy atom. The summed E-state index contributed by atoms with van der Waals surface area (Å²) in [6.07, 6.45) is -5.04. The van der Waals surface area contributed by atoms with E-state index in [9.17, 15) is 38.4 Å². The topological polar surface area (TPSA) is 344 Å². The SMILES string of the molecule is COCCOCC(C)(C)OC(=O)N(C(=O)c1ccc(Cl)c(N=NC(C(C)=O)C(=O)N(C(=O)OC(C)(C)COCCOC)c2cc(C)c(N(C(=O)OC(C)(C)COCCOC)C(=O)C(N=Nc3cc(C(=O)N(C(=O)OC(C)(C)COCCOC)c4cc(Cl)ccc4C)ccc3Cl)C(C)=O)cc2C)c1)c1cc(Cl)ccc1C. The molecule has 0 bridgehead atoms. The minimum Gasteiger partial charge on any atom is -0.440 e. The lowest BCUT2D eigenvalue weighted by Gasteiger charge is -2.32. The van der Waals surface area contributed by atoms with Gasteiger partial charge in [0.25, 0.3) is 23.6 Å². The molecule has 0 saturated heterocycles. The van der Waals surface area contributed by atoms with Crippen LogP contribution in [0, 0.1) is 27.7 Å². The molecule has 0 N–H and O–H groups in total. The number of nitrogens with zero attached hydrogens (tertiary/aromatic N) is 8. The molecule has 2 atom stereocenters. The largest absolute Gasteiger partial charge is 0.440 e. The molecule has 0 aromatic heterocycles. The molecule has 0 aliphatic carbocycles. The van der Waals surface area contributed by atoms with Crippen molar-refractivity contribution in [1.82, 2.24) is 0 Å². The van der Waals surface area contributed by atoms with Crippen LogP contribution in [-0.4, -0.2) is 202 Å². The fourth-order valence-electron chi connectivity index (χ4n) is 9.99. The Balaban J connectivity index is 1.66. The molecule has 30 nitrogen and oxygen atoms in total. The number of carbonyl (C=O) groups excluding carboxylic acids is 10. The second kappa shape index (κ2) is 42.0. The first kappa shape index (κ1) is 91.8. The lowest BCUT2D eigenvalue weighted by molar-refractivity contribution is -0.129. The molecule has 0 radical (unpaired) electrons. The maximum absolute atomic E-state index is 15.4. The first-order valence-corrected chi connectivity index (χ1v) is 35.8. The third-order valence-corrected chi connectivity index (χ3v) is 16.7. The number of amides is 8. The van der Waals surface area contributed by atoms with Gasteiger partial charge in [0.1, 0.15) is 33.8 Å². The number of anilines is 4. The molecule has 5 aromatic rings. The third kappa shape index (κ3) is 26.7. The van der Waals surface area contributed by atoms with Gasteiger partial charge in [-0.2, -0.15) is 20.5 Å². The second-order valence-corrected chi connectivity index (χ2v) is 29.1. The van der Waals surface area contributed by atoms with Gasteiger partial charge in [-0.15, -0.1) is 0 Å². The molecule has 2 unspecified atom stereocenters. The quantitative estimate of drug-likeness (QED) is 0.0153. The summed E-state index contributed by atoms with van der Waals surface area (Å²) in [6, 6.07) is 14.3. The van der Waals surface area contributed by atoms with Crippen molar-refractivity contribution < 1.29 is 105 Å². The Morgan fingerprint density at radius 3 is 0.909 bits per heavy atom. The lowest BCUT2D eigenvalue weighted by atomic mass is 10.0. The summed E-state index contributed by atoms with van der Waals surface area (Å²) >= 11 is 26.2. The summed E-state index contributed by atoms with van der Waals surface area (Å²) in [4.78, 5) is 149. The normalized spacial score (nSPS) is 12.5. The van der Waals surface area contributed by atoms with Crippen LogP contribution in [0.1, 0.15) is 112 Å². The average molecular weight is 1610 g/mol. The van der Waals surface area contributed by atoms with Crippen molar-refractivity contribution in [3.63, 3.8) is 0 Å². The number of carbonyl (C=O) groups is 10. The Morgan fingerprint density at radius 1 is 0.364 bits per heavy atom. The number of imide groups is 4. The molecule has 110 heavy (non-hydrogen) atoms. The van der Waals surface area contributed by atoms with E-state index in [1.165, 1.54) is 119 Å². The predicted molar refractivity (Wildman–Crippen MR) is 411 cm³/mol. The van der Waals surface area contributed by atoms with E-state index in [1.54, 1.807) is 65.8 Å². The molecule has 0 aliphatic heterocycles. The first-order chi connectivity index (χ1) is 51.6. The van der Waals surface area contributed by atoms with Crippen molar-refractivity contribution >= 4 is 140 Å². The molecule has 0 aliphatic rings. The van der Waals surface area contributed by atoms with E-state index in [-0.39, 0.29) is 156 Å². The van der Waals surface area contributed by atoms with Crippen LogP contribution in [0.15, 0.2) is 105 Å². The van der Waals surface area contributed by atoms with E-state index in [4.69, 9.17) is 103 Å². The van der Waals surface area contributed by atoms with Crippen LogP contribution >= 0.6 is 46.4 Å². The molecule has 5 rings (SSSR count). The Hall–Kier alpha value is -8.76. The Labute approximate surface area is 659 Å². The fourth-order valence-corrected chi connectivity index (χ4v) is 10.6. The fraction of sp³-hybridized carbons (Fsp3) is 0.474. The van der Waals surface area contributed by atoms with Gasteiger partial charge in [0.2, 0.25) is 12.1 Å². The Kier molecular flexibility index (Phi) is 35.1. The van der Waals surface area contributed by atoms with Gasteiger partial charge in [-0.05, 0) is 192 Å². The number of hydrogen-bond donors (Lipinski definition) is 0. The van der Waals surface area contributed by atoms with Crippen molar-refractivity contribution in [1.29, 1.82) is 0 Å². The number of aryl methyl sites for hydroxylation is 4. The van der Waals surface area contributed by atoms with E-state index in [0.717, 1.165) is 35.8 Å². The molecular weight excluding hydrogens is 1520 g/mol. The molecule has 0 spiro atoms. The zero-order valence-electron chi connectivity index (χ0n) is 64.8. The van der Waals surface area contributed by atoms with E-state index in [0.29, 0.717) is 20.9 Å². The van der Waals surface area contributed by atoms with Gasteiger partial charge in [0.15, 0.2) is 11.6 Å². The summed E-state index contributed by atoms with van der Waals surface area (Å²) in [6.45, 7) is 20.8. The third-order valence-electron chi connectivity index (χ3n) is 15.6. The predicted octanol–water partition coefficient (Wildman–Crippen LogP) is 15.3. The highest BCUT2D eigenvalue weighted by atomic mass is 35.5. The highest BCUT2D eigenvalue weighted by Crippen LogP contribution is 2.38. The first-order valence-electron chi connectivity index (χ1n) is 34.2. The monoisotopic (exact) mass is 1610 g/mol. The van der Waals surface area contributed by atoms with E-state index >= 15 is 9.59 Å². The van der Waals surface area contributed by atoms with Gasteiger partial charge in [0, 0.05) is 49.6 Å². The number of hydrogen-bond acceptors (Lipinski definition) is 26. The number of Topliss-reactive ketones (excluding diaryl/α,β-unsaturated/α-hetero) is 2. The van der Waals surface area contributed by atoms with Gasteiger partial charge in [0.05, 0.1) is 112 Å². The molecule has 0 fully saturated rings. The van der Waals surface area contributed by atoms with Crippen molar-refractivity contribution in [3.05, 3.63) is 138 Å². The maximum atomic E-state index is 15.4. The molecule has 5 aromatic carbocycles. The van der Waals surface area contributed by atoms with Crippen LogP contribution in [-0.2, 0) is 76.0 Å². The number of methoxy groups -OCH3 is 4. The van der Waals surface area contributed by atoms with Gasteiger partial charge in [-0.3, -0.25) is 28.8 Å². The zero-order chi connectivity index (χ0) is 82.2. The van der Waals surface area contributed by atoms with Crippen molar-refractivity contribution in [2.24, 2.45) is 20.5 Å². The van der Waals surface area contributed by atoms with Crippen molar-refractivity contribution in [3.8, 4) is 0 Å². The highest BCUT2D eigenvalue weighted by Gasteiger charge is 2.43. The molecule has 0 heterocycles. The zero-order valence-corrected chi connectivity index (χ0v) is 67.8. The highest BCUT2D eigenvalue weighted by molar-refractivity contribution is 6.34. The minimum atomic E-state index is -2.21. The van der Waals surface area contributed by atoms with Gasteiger partial charge in [-0.25, -0.2) is 38.8 Å². The van der Waals surface area contributed by atoms with Crippen LogP contribution in [0.3, 0.4) is 0 Å². The molecule has 0 saturated carbocycles. The lowest BCUT2D eigenvalue weighted by Crippen LogP contribution is -2.49. The second-order valence-electron chi connectivity index (χ2n) is 27.4. The number of benzene rings is 5. The van der Waals surface area contributed by atoms with Gasteiger partial charge >= 0.3 is 24.4 Å². The van der Waals surface area contributed by atoms with Crippen LogP contribution < -0.4 is 19.6 Å². The summed E-state index contributed by atoms with van der Waals surface area (Å²) in [5, 5.41) is 16.6. The average Bonchev–Trinajstić information content (AvgIpc) is 0.786. The summed E-state index contributed by atoms with van der Waals surface area (Å²) in [7, 11) is 5.89. The minimum absolute atomic E-state index is 0.0458. The molecule has 8 amide bonds. The molecule has 598 valence electrons. The molecular formula is C76H94Cl4N8O22. The van der Waals surface area contributed by atoms with Gasteiger partial charge in [-0.1, -0.05) is 58.5 Å². The van der Waals surface area contributed by atoms with E-state index in [1.807, 2.05) is 0 Å². The number of azo groups is 2. The number of rotatable bonds is 38. The standard InChI is InChI=1S/C76H94Cl4N8O22/c1-45-19-23-53(77)39-61(45)85(69(95)107-73(7,8)41-103-31-27-99-15)65(91)51-21-25-55(79)57(37-51)81-83-63(49(5)89)67(93)87(71(97)109-75(11,12)43-105-33-29-101-17)59-35-48(4)60(36-47(59)3)88(72(98)110-76(13,14)44-106-34-30-102-18)68(94)64(50(6)90)84-82-58-38-52(22-26-56(58)80)66(92)86(62-40-54(78)24-20-46(62)2)70(96)108-74(9,10)42-104-32-28-100-16/h19-26,35-40,63-64H,27-34,41-44H2,1-18H3. The summed E-state index contributed by atoms with van der Waals surface area (Å²) in [5.74, 6) is -6.66. The number of halogens is 4. The summed E-state index contributed by atoms with van der Waals surface area (Å²) in [5.41, 5.74) is -6.50. The number of ketones is 2. The van der Waals surface area contributed by atoms with Crippen LogP contribution in [0.25, 0.3) is 0 Å². The van der Waals surface area contributed by atoms with Crippen molar-refractivity contribution in [2.45, 2.75) is 131 Å². The maximum Gasteiger partial charge on any atom is 0.422 e. The smallest absolute Gasteiger partial charge is 0.422 e. The van der Waals surface area contributed by atoms with Crippen LogP contribution in [0.5, 0.6) is 0 Å². The van der Waals surface area contributed by atoms with Gasteiger partial charge < -0.3 is 56.8 Å². The Bertz CT molecular complexity index is 3950. The van der Waals surface area contributed by atoms with E-state index in [2.05, 4.69) is 20.5 Å². The van der Waals surface area contributed by atoms with Crippen molar-refractivity contribution in [2.75, 3.05) is 127 Å². The van der Waals surface area contributed by atoms with E-state index < -0.39 is 94.1 Å².